The van der Waals surface area contributed by atoms with E-state index in [1.807, 2.05) is 36.3 Å². The molecule has 0 aliphatic heterocycles. The summed E-state index contributed by atoms with van der Waals surface area (Å²) in [6, 6.07) is 5.98. The van der Waals surface area contributed by atoms with Crippen molar-refractivity contribution in [2.75, 3.05) is 17.7 Å². The van der Waals surface area contributed by atoms with E-state index < -0.39 is 0 Å². The summed E-state index contributed by atoms with van der Waals surface area (Å²) in [6.45, 7) is 2.92. The van der Waals surface area contributed by atoms with Gasteiger partial charge < -0.3 is 10.6 Å². The highest BCUT2D eigenvalue weighted by molar-refractivity contribution is 5.58. The first-order chi connectivity index (χ1) is 8.06. The molecule has 0 bridgehead atoms. The Morgan fingerprint density at radius 2 is 2.18 bits per heavy atom. The number of hydrogen-bond donors (Lipinski definition) is 1. The number of anilines is 2. The summed E-state index contributed by atoms with van der Waals surface area (Å²) < 4.78 is 1.82. The van der Waals surface area contributed by atoms with Crippen LogP contribution in [0.2, 0.25) is 0 Å². The third-order valence-electron chi connectivity index (χ3n) is 2.81. The maximum atomic E-state index is 5.75. The highest BCUT2D eigenvalue weighted by Gasteiger charge is 2.06. The van der Waals surface area contributed by atoms with Crippen LogP contribution in [0.25, 0.3) is 0 Å². The van der Waals surface area contributed by atoms with E-state index in [2.05, 4.69) is 30.0 Å². The molecular formula is C13H18N4. The van der Waals surface area contributed by atoms with Crippen LogP contribution in [0.1, 0.15) is 11.1 Å². The Kier molecular flexibility index (Phi) is 3.04. The minimum atomic E-state index is 0.807. The smallest absolute Gasteiger partial charge is 0.0539 e. The van der Waals surface area contributed by atoms with Gasteiger partial charge in [0.05, 0.1) is 6.20 Å². The summed E-state index contributed by atoms with van der Waals surface area (Å²) in [7, 11) is 4.00. The molecule has 0 saturated carbocycles. The Balaban J connectivity index is 2.17. The molecule has 0 fully saturated rings. The van der Waals surface area contributed by atoms with Gasteiger partial charge in [-0.2, -0.15) is 5.10 Å². The van der Waals surface area contributed by atoms with E-state index in [1.54, 1.807) is 0 Å². The SMILES string of the molecule is Cc1cc(N)ccc1N(C)Cc1cnn(C)c1. The molecule has 2 rings (SSSR count). The molecule has 2 aromatic rings. The lowest BCUT2D eigenvalue weighted by molar-refractivity contribution is 0.766. The lowest BCUT2D eigenvalue weighted by Gasteiger charge is -2.21. The average molecular weight is 230 g/mol. The second-order valence-electron chi connectivity index (χ2n) is 4.42. The molecule has 0 radical (unpaired) electrons. The molecule has 0 unspecified atom stereocenters. The van der Waals surface area contributed by atoms with Crippen LogP contribution in [-0.4, -0.2) is 16.8 Å². The van der Waals surface area contributed by atoms with Gasteiger partial charge in [0, 0.05) is 43.8 Å². The highest BCUT2D eigenvalue weighted by Crippen LogP contribution is 2.22. The van der Waals surface area contributed by atoms with Crippen molar-refractivity contribution in [1.29, 1.82) is 0 Å². The molecule has 0 atom stereocenters. The Labute approximate surface area is 102 Å². The van der Waals surface area contributed by atoms with E-state index >= 15 is 0 Å². The molecule has 0 aliphatic carbocycles. The summed E-state index contributed by atoms with van der Waals surface area (Å²) in [6.07, 6.45) is 3.92. The third kappa shape index (κ3) is 2.58. The second-order valence-corrected chi connectivity index (χ2v) is 4.42. The Hall–Kier alpha value is -1.97. The lowest BCUT2D eigenvalue weighted by Crippen LogP contribution is -2.17. The van der Waals surface area contributed by atoms with Crippen molar-refractivity contribution in [3.63, 3.8) is 0 Å². The monoisotopic (exact) mass is 230 g/mol. The molecule has 90 valence electrons. The van der Waals surface area contributed by atoms with Gasteiger partial charge in [-0.05, 0) is 30.7 Å². The van der Waals surface area contributed by atoms with Gasteiger partial charge in [-0.1, -0.05) is 0 Å². The van der Waals surface area contributed by atoms with Crippen LogP contribution in [0.5, 0.6) is 0 Å². The van der Waals surface area contributed by atoms with Crippen LogP contribution in [-0.2, 0) is 13.6 Å². The summed E-state index contributed by atoms with van der Waals surface area (Å²) in [5, 5.41) is 4.17. The third-order valence-corrected chi connectivity index (χ3v) is 2.81. The Bertz CT molecular complexity index is 516. The zero-order valence-corrected chi connectivity index (χ0v) is 10.5. The lowest BCUT2D eigenvalue weighted by atomic mass is 10.1. The molecule has 4 nitrogen and oxygen atoms in total. The number of aromatic nitrogens is 2. The van der Waals surface area contributed by atoms with Crippen LogP contribution in [0.15, 0.2) is 30.6 Å². The van der Waals surface area contributed by atoms with Crippen molar-refractivity contribution in [1.82, 2.24) is 9.78 Å². The van der Waals surface area contributed by atoms with Gasteiger partial charge in [-0.3, -0.25) is 4.68 Å². The van der Waals surface area contributed by atoms with Gasteiger partial charge in [-0.25, -0.2) is 0 Å². The Morgan fingerprint density at radius 1 is 1.41 bits per heavy atom. The summed E-state index contributed by atoms with van der Waals surface area (Å²) >= 11 is 0. The van der Waals surface area contributed by atoms with E-state index in [0.717, 1.165) is 12.2 Å². The molecule has 1 aromatic heterocycles. The molecule has 4 heteroatoms. The van der Waals surface area contributed by atoms with Gasteiger partial charge in [0.2, 0.25) is 0 Å². The molecule has 1 heterocycles. The first-order valence-corrected chi connectivity index (χ1v) is 5.61. The molecule has 0 spiro atoms. The summed E-state index contributed by atoms with van der Waals surface area (Å²) in [4.78, 5) is 2.20. The van der Waals surface area contributed by atoms with Gasteiger partial charge in [0.15, 0.2) is 0 Å². The normalized spacial score (nSPS) is 10.5. The molecule has 0 amide bonds. The topological polar surface area (TPSA) is 47.1 Å². The summed E-state index contributed by atoms with van der Waals surface area (Å²) in [5.41, 5.74) is 10.1. The fourth-order valence-corrected chi connectivity index (χ4v) is 2.02. The van der Waals surface area contributed by atoms with E-state index in [-0.39, 0.29) is 0 Å². The van der Waals surface area contributed by atoms with E-state index in [0.29, 0.717) is 0 Å². The van der Waals surface area contributed by atoms with Crippen molar-refractivity contribution in [2.24, 2.45) is 7.05 Å². The van der Waals surface area contributed by atoms with Crippen LogP contribution in [0.3, 0.4) is 0 Å². The summed E-state index contributed by atoms with van der Waals surface area (Å²) in [5.74, 6) is 0. The van der Waals surface area contributed by atoms with Gasteiger partial charge >= 0.3 is 0 Å². The molecular weight excluding hydrogens is 212 g/mol. The van der Waals surface area contributed by atoms with Gasteiger partial charge in [-0.15, -0.1) is 0 Å². The number of nitrogens with zero attached hydrogens (tertiary/aromatic N) is 3. The number of rotatable bonds is 3. The first-order valence-electron chi connectivity index (χ1n) is 5.61. The minimum Gasteiger partial charge on any atom is -0.399 e. The van der Waals surface area contributed by atoms with Gasteiger partial charge in [0.1, 0.15) is 0 Å². The average Bonchev–Trinajstić information content (AvgIpc) is 2.63. The molecule has 0 aliphatic rings. The molecule has 17 heavy (non-hydrogen) atoms. The van der Waals surface area contributed by atoms with Crippen molar-refractivity contribution >= 4 is 11.4 Å². The van der Waals surface area contributed by atoms with Crippen molar-refractivity contribution in [2.45, 2.75) is 13.5 Å². The van der Waals surface area contributed by atoms with E-state index in [9.17, 15) is 0 Å². The predicted octanol–water partition coefficient (Wildman–Crippen LogP) is 1.95. The maximum absolute atomic E-state index is 5.75. The number of aryl methyl sites for hydroxylation is 2. The fraction of sp³-hybridized carbons (Fsp3) is 0.308. The van der Waals surface area contributed by atoms with E-state index in [1.165, 1.54) is 16.8 Å². The minimum absolute atomic E-state index is 0.807. The highest BCUT2D eigenvalue weighted by atomic mass is 15.2. The van der Waals surface area contributed by atoms with E-state index in [4.69, 9.17) is 5.73 Å². The first kappa shape index (κ1) is 11.5. The zero-order chi connectivity index (χ0) is 12.4. The predicted molar refractivity (Wildman–Crippen MR) is 70.9 cm³/mol. The number of hydrogen-bond acceptors (Lipinski definition) is 3. The maximum Gasteiger partial charge on any atom is 0.0539 e. The van der Waals surface area contributed by atoms with Gasteiger partial charge in [0.25, 0.3) is 0 Å². The molecule has 1 aromatic carbocycles. The molecule has 0 saturated heterocycles. The van der Waals surface area contributed by atoms with Crippen LogP contribution < -0.4 is 10.6 Å². The number of benzene rings is 1. The number of nitrogens with two attached hydrogens (primary N) is 1. The van der Waals surface area contributed by atoms with Crippen molar-refractivity contribution < 1.29 is 0 Å². The quantitative estimate of drug-likeness (QED) is 0.820. The van der Waals surface area contributed by atoms with Crippen LogP contribution >= 0.6 is 0 Å². The standard InChI is InChI=1S/C13H18N4/c1-10-6-12(14)4-5-13(10)16(2)8-11-7-15-17(3)9-11/h4-7,9H,8,14H2,1-3H3. The second kappa shape index (κ2) is 4.49. The van der Waals surface area contributed by atoms with Crippen molar-refractivity contribution in [3.05, 3.63) is 41.7 Å². The molecule has 2 N–H and O–H groups in total. The van der Waals surface area contributed by atoms with Crippen LogP contribution in [0, 0.1) is 6.92 Å². The zero-order valence-electron chi connectivity index (χ0n) is 10.5. The largest absolute Gasteiger partial charge is 0.399 e. The van der Waals surface area contributed by atoms with Crippen LogP contribution in [0.4, 0.5) is 11.4 Å². The number of nitrogen functional groups attached to an aromatic ring is 1. The fourth-order valence-electron chi connectivity index (χ4n) is 2.02. The van der Waals surface area contributed by atoms with Crippen molar-refractivity contribution in [3.8, 4) is 0 Å². The Morgan fingerprint density at radius 3 is 2.76 bits per heavy atom.